The second-order valence-electron chi connectivity index (χ2n) is 4.71. The van der Waals surface area contributed by atoms with E-state index in [1.165, 1.54) is 0 Å². The Balaban J connectivity index is 2.65. The van der Waals surface area contributed by atoms with Gasteiger partial charge in [0.05, 0.1) is 18.5 Å². The maximum absolute atomic E-state index is 12.2. The molecule has 0 aliphatic heterocycles. The topological polar surface area (TPSA) is 60.5 Å². The van der Waals surface area contributed by atoms with Crippen LogP contribution in [0.2, 0.25) is 0 Å². The number of nitrogens with one attached hydrogen (secondary N) is 1. The van der Waals surface area contributed by atoms with Crippen LogP contribution in [0.4, 0.5) is 5.69 Å². The van der Waals surface area contributed by atoms with Crippen molar-refractivity contribution in [2.45, 2.75) is 46.1 Å². The fourth-order valence-corrected chi connectivity index (χ4v) is 1.66. The number of aromatic nitrogens is 1. The molecule has 0 fully saturated rings. The summed E-state index contributed by atoms with van der Waals surface area (Å²) in [6.45, 7) is 8.76. The average Bonchev–Trinajstić information content (AvgIpc) is 2.46. The molecule has 1 amide bonds. The Morgan fingerprint density at radius 1 is 1.35 bits per heavy atom. The van der Waals surface area contributed by atoms with Crippen LogP contribution < -0.4 is 10.1 Å². The number of pyridine rings is 1. The first-order valence-electron chi connectivity index (χ1n) is 7.10. The minimum Gasteiger partial charge on any atom is -0.478 e. The van der Waals surface area contributed by atoms with E-state index >= 15 is 0 Å². The number of amides is 1. The number of hydrogen-bond acceptors (Lipinski definition) is 4. The zero-order valence-corrected chi connectivity index (χ0v) is 12.7. The molecule has 5 nitrogen and oxygen atoms in total. The van der Waals surface area contributed by atoms with Gasteiger partial charge in [0.2, 0.25) is 5.88 Å². The Bertz CT molecular complexity index is 420. The van der Waals surface area contributed by atoms with Crippen LogP contribution in [-0.4, -0.2) is 29.7 Å². The lowest BCUT2D eigenvalue weighted by atomic mass is 10.0. The predicted molar refractivity (Wildman–Crippen MR) is 79.0 cm³/mol. The van der Waals surface area contributed by atoms with Crippen molar-refractivity contribution in [3.8, 4) is 5.88 Å². The van der Waals surface area contributed by atoms with Crippen LogP contribution >= 0.6 is 0 Å². The van der Waals surface area contributed by atoms with Gasteiger partial charge in [0.15, 0.2) is 0 Å². The Kier molecular flexibility index (Phi) is 6.45. The molecule has 0 saturated carbocycles. The van der Waals surface area contributed by atoms with Gasteiger partial charge in [-0.05, 0) is 32.8 Å². The number of ether oxygens (including phenoxy) is 2. The third-order valence-electron chi connectivity index (χ3n) is 3.07. The molecule has 0 aromatic carbocycles. The van der Waals surface area contributed by atoms with Crippen molar-refractivity contribution in [2.24, 2.45) is 0 Å². The highest BCUT2D eigenvalue weighted by atomic mass is 16.5. The van der Waals surface area contributed by atoms with Gasteiger partial charge in [-0.15, -0.1) is 0 Å². The maximum atomic E-state index is 12.2. The number of carbonyl (C=O) groups is 1. The molecule has 1 heterocycles. The van der Waals surface area contributed by atoms with Gasteiger partial charge in [0.1, 0.15) is 5.60 Å². The normalized spacial score (nSPS) is 13.6. The molecule has 112 valence electrons. The Morgan fingerprint density at radius 3 is 2.60 bits per heavy atom. The number of hydrogen-bond donors (Lipinski definition) is 1. The number of nitrogens with zero attached hydrogens (tertiary/aromatic N) is 1. The maximum Gasteiger partial charge on any atom is 0.256 e. The zero-order valence-electron chi connectivity index (χ0n) is 12.7. The highest BCUT2D eigenvalue weighted by Gasteiger charge is 2.31. The smallest absolute Gasteiger partial charge is 0.256 e. The Morgan fingerprint density at radius 2 is 2.10 bits per heavy atom. The van der Waals surface area contributed by atoms with E-state index in [1.807, 2.05) is 20.8 Å². The molecule has 20 heavy (non-hydrogen) atoms. The summed E-state index contributed by atoms with van der Waals surface area (Å²) in [6.07, 6.45) is 3.13. The van der Waals surface area contributed by atoms with Crippen molar-refractivity contribution in [3.05, 3.63) is 18.3 Å². The van der Waals surface area contributed by atoms with E-state index in [-0.39, 0.29) is 5.91 Å². The molecule has 0 aliphatic carbocycles. The SMILES string of the molecule is CCCOc1ccc(NC(=O)[C@](C)(CC)OCC)cn1. The number of anilines is 1. The van der Waals surface area contributed by atoms with Gasteiger partial charge >= 0.3 is 0 Å². The van der Waals surface area contributed by atoms with Crippen molar-refractivity contribution >= 4 is 11.6 Å². The standard InChI is InChI=1S/C15H24N2O3/c1-5-10-19-13-9-8-12(11-16-13)17-14(18)15(4,6-2)20-7-3/h8-9,11H,5-7,10H2,1-4H3,(H,17,18)/t15-/m0/s1. The van der Waals surface area contributed by atoms with Crippen LogP contribution in [-0.2, 0) is 9.53 Å². The highest BCUT2D eigenvalue weighted by molar-refractivity contribution is 5.96. The molecule has 1 aromatic heterocycles. The van der Waals surface area contributed by atoms with E-state index in [0.29, 0.717) is 31.2 Å². The summed E-state index contributed by atoms with van der Waals surface area (Å²) in [7, 11) is 0. The van der Waals surface area contributed by atoms with Gasteiger partial charge in [-0.25, -0.2) is 4.98 Å². The van der Waals surface area contributed by atoms with Gasteiger partial charge in [-0.2, -0.15) is 0 Å². The molecule has 1 rings (SSSR count). The van der Waals surface area contributed by atoms with Crippen LogP contribution in [0, 0.1) is 0 Å². The summed E-state index contributed by atoms with van der Waals surface area (Å²) in [5.41, 5.74) is -0.176. The fourth-order valence-electron chi connectivity index (χ4n) is 1.66. The summed E-state index contributed by atoms with van der Waals surface area (Å²) in [6, 6.07) is 3.52. The van der Waals surface area contributed by atoms with E-state index in [4.69, 9.17) is 9.47 Å². The Hall–Kier alpha value is -1.62. The summed E-state index contributed by atoms with van der Waals surface area (Å²) in [5, 5.41) is 2.82. The predicted octanol–water partition coefficient (Wildman–Crippen LogP) is 3.01. The molecule has 0 saturated heterocycles. The first kappa shape index (κ1) is 16.4. The minimum atomic E-state index is -0.813. The van der Waals surface area contributed by atoms with Crippen LogP contribution in [0.3, 0.4) is 0 Å². The first-order valence-corrected chi connectivity index (χ1v) is 7.10. The van der Waals surface area contributed by atoms with Crippen molar-refractivity contribution < 1.29 is 14.3 Å². The molecule has 0 spiro atoms. The molecule has 1 N–H and O–H groups in total. The molecule has 0 radical (unpaired) electrons. The van der Waals surface area contributed by atoms with Gasteiger partial charge in [0, 0.05) is 12.7 Å². The van der Waals surface area contributed by atoms with Gasteiger partial charge in [-0.1, -0.05) is 13.8 Å². The zero-order chi connectivity index (χ0) is 15.0. The van der Waals surface area contributed by atoms with E-state index in [1.54, 1.807) is 25.3 Å². The highest BCUT2D eigenvalue weighted by Crippen LogP contribution is 2.19. The second kappa shape index (κ2) is 7.85. The van der Waals surface area contributed by atoms with Crippen LogP contribution in [0.1, 0.15) is 40.5 Å². The van der Waals surface area contributed by atoms with Crippen molar-refractivity contribution in [2.75, 3.05) is 18.5 Å². The number of carbonyl (C=O) groups excluding carboxylic acids is 1. The quantitative estimate of drug-likeness (QED) is 0.795. The van der Waals surface area contributed by atoms with E-state index < -0.39 is 5.60 Å². The van der Waals surface area contributed by atoms with Gasteiger partial charge in [-0.3, -0.25) is 4.79 Å². The van der Waals surface area contributed by atoms with Gasteiger partial charge in [0.25, 0.3) is 5.91 Å². The molecular weight excluding hydrogens is 256 g/mol. The molecule has 1 aromatic rings. The third kappa shape index (κ3) is 4.49. The largest absolute Gasteiger partial charge is 0.478 e. The molecule has 0 bridgehead atoms. The molecule has 0 aliphatic rings. The summed E-state index contributed by atoms with van der Waals surface area (Å²) in [4.78, 5) is 16.4. The van der Waals surface area contributed by atoms with Crippen LogP contribution in [0.15, 0.2) is 18.3 Å². The fraction of sp³-hybridized carbons (Fsp3) is 0.600. The van der Waals surface area contributed by atoms with Crippen LogP contribution in [0.25, 0.3) is 0 Å². The van der Waals surface area contributed by atoms with Crippen molar-refractivity contribution in [1.29, 1.82) is 0 Å². The monoisotopic (exact) mass is 280 g/mol. The van der Waals surface area contributed by atoms with E-state index in [0.717, 1.165) is 6.42 Å². The van der Waals surface area contributed by atoms with Gasteiger partial charge < -0.3 is 14.8 Å². The molecule has 0 unspecified atom stereocenters. The number of rotatable bonds is 8. The molecular formula is C15H24N2O3. The lowest BCUT2D eigenvalue weighted by Crippen LogP contribution is -2.42. The summed E-state index contributed by atoms with van der Waals surface area (Å²) >= 11 is 0. The van der Waals surface area contributed by atoms with E-state index in [2.05, 4.69) is 10.3 Å². The van der Waals surface area contributed by atoms with Crippen molar-refractivity contribution in [1.82, 2.24) is 4.98 Å². The van der Waals surface area contributed by atoms with Crippen molar-refractivity contribution in [3.63, 3.8) is 0 Å². The lowest BCUT2D eigenvalue weighted by molar-refractivity contribution is -0.139. The molecule has 5 heteroatoms. The summed E-state index contributed by atoms with van der Waals surface area (Å²) in [5.74, 6) is 0.402. The summed E-state index contributed by atoms with van der Waals surface area (Å²) < 4.78 is 10.9. The third-order valence-corrected chi connectivity index (χ3v) is 3.07. The van der Waals surface area contributed by atoms with E-state index in [9.17, 15) is 4.79 Å². The first-order chi connectivity index (χ1) is 9.55. The Labute approximate surface area is 120 Å². The average molecular weight is 280 g/mol. The second-order valence-corrected chi connectivity index (χ2v) is 4.71. The lowest BCUT2D eigenvalue weighted by Gasteiger charge is -2.26. The molecule has 1 atom stereocenters. The van der Waals surface area contributed by atoms with Crippen LogP contribution in [0.5, 0.6) is 5.88 Å². The minimum absolute atomic E-state index is 0.161.